The van der Waals surface area contributed by atoms with E-state index in [1.165, 1.54) is 18.3 Å². The van der Waals surface area contributed by atoms with Crippen molar-refractivity contribution in [3.63, 3.8) is 0 Å². The van der Waals surface area contributed by atoms with Gasteiger partial charge in [0.05, 0.1) is 24.5 Å². The van der Waals surface area contributed by atoms with E-state index in [0.29, 0.717) is 30.2 Å². The van der Waals surface area contributed by atoms with Gasteiger partial charge in [0.2, 0.25) is 0 Å². The maximum absolute atomic E-state index is 13.9. The van der Waals surface area contributed by atoms with Gasteiger partial charge in [-0.25, -0.2) is 13.6 Å². The molecule has 32 heavy (non-hydrogen) atoms. The van der Waals surface area contributed by atoms with Gasteiger partial charge < -0.3 is 14.0 Å². The van der Waals surface area contributed by atoms with Gasteiger partial charge in [-0.15, -0.1) is 0 Å². The summed E-state index contributed by atoms with van der Waals surface area (Å²) < 4.78 is 40.6. The highest BCUT2D eigenvalue weighted by Crippen LogP contribution is 2.45. The Kier molecular flexibility index (Phi) is 5.86. The van der Waals surface area contributed by atoms with Gasteiger partial charge in [0, 0.05) is 23.4 Å². The molecule has 0 N–H and O–H groups in total. The number of pyridine rings is 1. The summed E-state index contributed by atoms with van der Waals surface area (Å²) in [5.41, 5.74) is 0.773. The van der Waals surface area contributed by atoms with Crippen LogP contribution in [0.2, 0.25) is 0 Å². The number of alkyl halides is 2. The van der Waals surface area contributed by atoms with E-state index in [1.54, 1.807) is 13.0 Å². The van der Waals surface area contributed by atoms with E-state index in [-0.39, 0.29) is 29.4 Å². The Bertz CT molecular complexity index is 1100. The predicted molar refractivity (Wildman–Crippen MR) is 117 cm³/mol. The van der Waals surface area contributed by atoms with E-state index in [4.69, 9.17) is 9.47 Å². The third kappa shape index (κ3) is 3.93. The number of ether oxygens (including phenoxy) is 2. The SMILES string of the molecule is CCOC(=O)c1cn2c(cc1=O)-c1cc(C(F)F)c(OCC3CC3)cc1CC2(C)C(C)C. The summed E-state index contributed by atoms with van der Waals surface area (Å²) in [5.74, 6) is 0.119. The normalized spacial score (nSPS) is 19.6. The van der Waals surface area contributed by atoms with Gasteiger partial charge in [-0.3, -0.25) is 4.79 Å². The fourth-order valence-corrected chi connectivity index (χ4v) is 4.29. The van der Waals surface area contributed by atoms with Crippen molar-refractivity contribution in [3.8, 4) is 17.0 Å². The largest absolute Gasteiger partial charge is 0.493 e. The van der Waals surface area contributed by atoms with E-state index >= 15 is 0 Å². The van der Waals surface area contributed by atoms with Crippen LogP contribution in [0, 0.1) is 11.8 Å². The smallest absolute Gasteiger partial charge is 0.343 e. The molecule has 4 rings (SSSR count). The summed E-state index contributed by atoms with van der Waals surface area (Å²) >= 11 is 0. The average Bonchev–Trinajstić information content (AvgIpc) is 3.55. The van der Waals surface area contributed by atoms with Crippen molar-refractivity contribution >= 4 is 5.97 Å². The number of carbonyl (C=O) groups is 1. The number of nitrogens with zero attached hydrogens (tertiary/aromatic N) is 1. The lowest BCUT2D eigenvalue weighted by atomic mass is 9.76. The summed E-state index contributed by atoms with van der Waals surface area (Å²) in [6.07, 6.45) is 1.52. The summed E-state index contributed by atoms with van der Waals surface area (Å²) in [7, 11) is 0. The Labute approximate surface area is 186 Å². The quantitative estimate of drug-likeness (QED) is 0.540. The van der Waals surface area contributed by atoms with Crippen molar-refractivity contribution in [2.45, 2.75) is 58.9 Å². The number of esters is 1. The molecule has 1 unspecified atom stereocenters. The van der Waals surface area contributed by atoms with Crippen LogP contribution >= 0.6 is 0 Å². The lowest BCUT2D eigenvalue weighted by Gasteiger charge is -2.43. The Morgan fingerprint density at radius 2 is 1.97 bits per heavy atom. The minimum absolute atomic E-state index is 0.0515. The summed E-state index contributed by atoms with van der Waals surface area (Å²) in [6.45, 7) is 8.46. The zero-order valence-electron chi connectivity index (χ0n) is 18.9. The number of halogens is 2. The Morgan fingerprint density at radius 1 is 1.25 bits per heavy atom. The number of aromatic nitrogens is 1. The molecule has 0 radical (unpaired) electrons. The molecule has 0 saturated heterocycles. The molecule has 1 aliphatic carbocycles. The molecule has 0 bridgehead atoms. The molecule has 5 nitrogen and oxygen atoms in total. The van der Waals surface area contributed by atoms with Crippen LogP contribution in [0.25, 0.3) is 11.3 Å². The summed E-state index contributed by atoms with van der Waals surface area (Å²) in [5, 5.41) is 0. The fraction of sp³-hybridized carbons (Fsp3) is 0.520. The van der Waals surface area contributed by atoms with Crippen LogP contribution in [0.5, 0.6) is 5.75 Å². The number of hydrogen-bond donors (Lipinski definition) is 0. The monoisotopic (exact) mass is 445 g/mol. The Balaban J connectivity index is 1.90. The van der Waals surface area contributed by atoms with E-state index in [2.05, 4.69) is 20.8 Å². The maximum Gasteiger partial charge on any atom is 0.343 e. The van der Waals surface area contributed by atoms with Gasteiger partial charge in [0.15, 0.2) is 5.43 Å². The first-order valence-corrected chi connectivity index (χ1v) is 11.2. The standard InChI is InChI=1S/C25H29F2NO4/c1-5-31-24(30)19-12-28-20(10-21(19)29)17-9-18(23(26)27)22(32-13-15-6-7-15)8-16(17)11-25(28,4)14(2)3/h8-10,12,14-15,23H,5-7,11,13H2,1-4H3. The molecule has 172 valence electrons. The second-order valence-electron chi connectivity index (χ2n) is 9.32. The van der Waals surface area contributed by atoms with Gasteiger partial charge in [0.25, 0.3) is 6.43 Å². The number of hydrogen-bond acceptors (Lipinski definition) is 4. The predicted octanol–water partition coefficient (Wildman–Crippen LogP) is 5.35. The molecule has 1 fully saturated rings. The maximum atomic E-state index is 13.9. The molecule has 0 spiro atoms. The first kappa shape index (κ1) is 22.5. The summed E-state index contributed by atoms with van der Waals surface area (Å²) in [6, 6.07) is 4.52. The van der Waals surface area contributed by atoms with Crippen LogP contribution < -0.4 is 10.2 Å². The van der Waals surface area contributed by atoms with Crippen molar-refractivity contribution in [3.05, 3.63) is 51.3 Å². The fourth-order valence-electron chi connectivity index (χ4n) is 4.29. The van der Waals surface area contributed by atoms with Crippen LogP contribution in [0.1, 0.15) is 68.4 Å². The molecule has 1 aromatic carbocycles. The molecule has 2 heterocycles. The van der Waals surface area contributed by atoms with Crippen molar-refractivity contribution in [2.24, 2.45) is 11.8 Å². The van der Waals surface area contributed by atoms with Crippen LogP contribution in [0.15, 0.2) is 29.2 Å². The third-order valence-electron chi connectivity index (χ3n) is 6.81. The van der Waals surface area contributed by atoms with Crippen molar-refractivity contribution in [2.75, 3.05) is 13.2 Å². The molecule has 1 aliphatic heterocycles. The highest BCUT2D eigenvalue weighted by atomic mass is 19.3. The first-order valence-electron chi connectivity index (χ1n) is 11.2. The Morgan fingerprint density at radius 3 is 2.56 bits per heavy atom. The van der Waals surface area contributed by atoms with Crippen LogP contribution in [0.3, 0.4) is 0 Å². The van der Waals surface area contributed by atoms with Crippen molar-refractivity contribution in [1.29, 1.82) is 0 Å². The number of benzene rings is 1. The van der Waals surface area contributed by atoms with E-state index < -0.39 is 23.4 Å². The van der Waals surface area contributed by atoms with Crippen LogP contribution in [-0.2, 0) is 16.7 Å². The van der Waals surface area contributed by atoms with E-state index in [9.17, 15) is 18.4 Å². The van der Waals surface area contributed by atoms with Gasteiger partial charge in [-0.1, -0.05) is 13.8 Å². The van der Waals surface area contributed by atoms with Gasteiger partial charge in [-0.05, 0) is 62.6 Å². The molecule has 2 aliphatic rings. The van der Waals surface area contributed by atoms with Crippen LogP contribution in [0.4, 0.5) is 8.78 Å². The minimum Gasteiger partial charge on any atom is -0.493 e. The van der Waals surface area contributed by atoms with Gasteiger partial charge in [0.1, 0.15) is 11.3 Å². The lowest BCUT2D eigenvalue weighted by molar-refractivity contribution is 0.0522. The van der Waals surface area contributed by atoms with Gasteiger partial charge in [-0.2, -0.15) is 0 Å². The highest BCUT2D eigenvalue weighted by molar-refractivity contribution is 5.89. The Hall–Kier alpha value is -2.70. The van der Waals surface area contributed by atoms with E-state index in [0.717, 1.165) is 18.4 Å². The highest BCUT2D eigenvalue weighted by Gasteiger charge is 2.38. The van der Waals surface area contributed by atoms with Crippen molar-refractivity contribution < 1.29 is 23.0 Å². The number of rotatable bonds is 7. The topological polar surface area (TPSA) is 57.5 Å². The molecule has 7 heteroatoms. The average molecular weight is 446 g/mol. The second-order valence-corrected chi connectivity index (χ2v) is 9.32. The minimum atomic E-state index is -2.70. The lowest BCUT2D eigenvalue weighted by Crippen LogP contribution is -2.42. The zero-order valence-corrected chi connectivity index (χ0v) is 18.9. The molecule has 1 saturated carbocycles. The van der Waals surface area contributed by atoms with Crippen molar-refractivity contribution in [1.82, 2.24) is 4.57 Å². The van der Waals surface area contributed by atoms with Crippen LogP contribution in [-0.4, -0.2) is 23.8 Å². The van der Waals surface area contributed by atoms with E-state index in [1.807, 2.05) is 4.57 Å². The molecule has 1 aromatic heterocycles. The third-order valence-corrected chi connectivity index (χ3v) is 6.81. The number of carbonyl (C=O) groups excluding carboxylic acids is 1. The molecule has 2 aromatic rings. The molecule has 0 amide bonds. The molecular formula is C25H29F2NO4. The first-order chi connectivity index (χ1) is 15.2. The zero-order chi connectivity index (χ0) is 23.2. The second kappa shape index (κ2) is 8.34. The molecular weight excluding hydrogens is 416 g/mol. The molecule has 1 atom stereocenters. The summed E-state index contributed by atoms with van der Waals surface area (Å²) in [4.78, 5) is 25.1. The number of fused-ring (bicyclic) bond motifs is 3. The van der Waals surface area contributed by atoms with Gasteiger partial charge >= 0.3 is 5.97 Å².